The van der Waals surface area contributed by atoms with Crippen LogP contribution in [-0.4, -0.2) is 20.7 Å². The Morgan fingerprint density at radius 1 is 1.14 bits per heavy atom. The molecule has 8 heteroatoms. The molecule has 1 aliphatic rings. The van der Waals surface area contributed by atoms with Crippen LogP contribution in [0.5, 0.6) is 0 Å². The fourth-order valence-electron chi connectivity index (χ4n) is 3.32. The van der Waals surface area contributed by atoms with Crippen LogP contribution in [0, 0.1) is 5.82 Å². The molecule has 1 aliphatic heterocycles. The Morgan fingerprint density at radius 2 is 2.00 bits per heavy atom. The van der Waals surface area contributed by atoms with E-state index in [-0.39, 0.29) is 11.3 Å². The fraction of sp³-hybridized carbons (Fsp3) is 0.250. The topological polar surface area (TPSA) is 59.8 Å². The largest absolute Gasteiger partial charge is 0.319 e. The van der Waals surface area contributed by atoms with Gasteiger partial charge < -0.3 is 9.88 Å². The van der Waals surface area contributed by atoms with Gasteiger partial charge in [-0.25, -0.2) is 4.39 Å². The summed E-state index contributed by atoms with van der Waals surface area (Å²) >= 11 is 9.42. The molecule has 0 saturated heterocycles. The lowest BCUT2D eigenvalue weighted by Crippen LogP contribution is -2.14. The average Bonchev–Trinajstić information content (AvgIpc) is 2.93. The van der Waals surface area contributed by atoms with Crippen LogP contribution in [0.1, 0.15) is 35.4 Å². The van der Waals surface area contributed by atoms with Crippen LogP contribution in [0.2, 0.25) is 5.02 Å². The van der Waals surface area contributed by atoms with E-state index in [2.05, 4.69) is 36.0 Å². The minimum Gasteiger partial charge on any atom is -0.319 e. The van der Waals surface area contributed by atoms with Gasteiger partial charge in [0.15, 0.2) is 5.82 Å². The van der Waals surface area contributed by atoms with Gasteiger partial charge in [0.2, 0.25) is 0 Å². The second kappa shape index (κ2) is 8.01. The van der Waals surface area contributed by atoms with E-state index in [4.69, 9.17) is 11.6 Å². The highest BCUT2D eigenvalue weighted by Crippen LogP contribution is 2.28. The van der Waals surface area contributed by atoms with Gasteiger partial charge >= 0.3 is 0 Å². The molecule has 1 amide bonds. The first-order valence-corrected chi connectivity index (χ1v) is 10.2. The standard InChI is InChI=1S/C20H17BrClFN4O/c21-13-6-7-15(22)14(11-13)20(28)24-17-10-12(5-8-16(17)23)19-26-25-18-4-2-1-3-9-27(18)19/h5-8,10-11H,1-4,9H2,(H,24,28). The molecule has 5 nitrogen and oxygen atoms in total. The van der Waals surface area contributed by atoms with E-state index in [1.54, 1.807) is 30.3 Å². The Bertz CT molecular complexity index is 1050. The maximum absolute atomic E-state index is 14.4. The van der Waals surface area contributed by atoms with Gasteiger partial charge in [-0.05, 0) is 49.2 Å². The molecule has 0 bridgehead atoms. The first-order valence-electron chi connectivity index (χ1n) is 9.01. The minimum atomic E-state index is -0.529. The van der Waals surface area contributed by atoms with Crippen molar-refractivity contribution < 1.29 is 9.18 Å². The molecule has 3 aromatic rings. The summed E-state index contributed by atoms with van der Waals surface area (Å²) in [5.74, 6) is 0.623. The van der Waals surface area contributed by atoms with Crippen molar-refractivity contribution in [3.05, 3.63) is 63.1 Å². The number of nitrogens with zero attached hydrogens (tertiary/aromatic N) is 3. The van der Waals surface area contributed by atoms with Crippen LogP contribution in [0.3, 0.4) is 0 Å². The third-order valence-electron chi connectivity index (χ3n) is 4.76. The molecule has 0 spiro atoms. The number of hydrogen-bond donors (Lipinski definition) is 1. The van der Waals surface area contributed by atoms with Crippen molar-refractivity contribution in [1.82, 2.24) is 14.8 Å². The Morgan fingerprint density at radius 3 is 2.86 bits per heavy atom. The zero-order chi connectivity index (χ0) is 19.7. The number of halogens is 3. The first-order chi connectivity index (χ1) is 13.5. The predicted molar refractivity (Wildman–Crippen MR) is 110 cm³/mol. The smallest absolute Gasteiger partial charge is 0.257 e. The Labute approximate surface area is 175 Å². The van der Waals surface area contributed by atoms with Gasteiger partial charge in [0, 0.05) is 23.0 Å². The minimum absolute atomic E-state index is 0.0736. The van der Waals surface area contributed by atoms with Gasteiger partial charge in [-0.1, -0.05) is 34.0 Å². The normalized spacial score (nSPS) is 13.7. The van der Waals surface area contributed by atoms with Gasteiger partial charge in [0.05, 0.1) is 16.3 Å². The molecule has 1 aromatic heterocycles. The number of rotatable bonds is 3. The SMILES string of the molecule is O=C(Nc1cc(-c2nnc3n2CCCCC3)ccc1F)c1cc(Br)ccc1Cl. The first kappa shape index (κ1) is 19.1. The molecule has 0 saturated carbocycles. The molecule has 4 rings (SSSR count). The maximum Gasteiger partial charge on any atom is 0.257 e. The number of aryl methyl sites for hydroxylation is 1. The molecule has 2 aromatic carbocycles. The summed E-state index contributed by atoms with van der Waals surface area (Å²) < 4.78 is 17.2. The molecule has 0 aliphatic carbocycles. The summed E-state index contributed by atoms with van der Waals surface area (Å²) in [6, 6.07) is 9.50. The van der Waals surface area contributed by atoms with Gasteiger partial charge in [-0.2, -0.15) is 0 Å². The number of benzene rings is 2. The van der Waals surface area contributed by atoms with E-state index < -0.39 is 11.7 Å². The Kier molecular flexibility index (Phi) is 5.46. The van der Waals surface area contributed by atoms with Crippen molar-refractivity contribution in [3.63, 3.8) is 0 Å². The van der Waals surface area contributed by atoms with Crippen molar-refractivity contribution in [2.75, 3.05) is 5.32 Å². The summed E-state index contributed by atoms with van der Waals surface area (Å²) in [5, 5.41) is 11.5. The molecule has 0 radical (unpaired) electrons. The number of fused-ring (bicyclic) bond motifs is 1. The maximum atomic E-state index is 14.4. The highest BCUT2D eigenvalue weighted by atomic mass is 79.9. The number of amides is 1. The quantitative estimate of drug-likeness (QED) is 0.559. The number of carbonyl (C=O) groups is 1. The van der Waals surface area contributed by atoms with Crippen molar-refractivity contribution in [3.8, 4) is 11.4 Å². The molecule has 1 N–H and O–H groups in total. The van der Waals surface area contributed by atoms with Crippen molar-refractivity contribution in [1.29, 1.82) is 0 Å². The van der Waals surface area contributed by atoms with Gasteiger partial charge in [0.25, 0.3) is 5.91 Å². The van der Waals surface area contributed by atoms with Crippen molar-refractivity contribution in [2.24, 2.45) is 0 Å². The lowest BCUT2D eigenvalue weighted by atomic mass is 10.1. The van der Waals surface area contributed by atoms with Gasteiger partial charge in [-0.15, -0.1) is 10.2 Å². The summed E-state index contributed by atoms with van der Waals surface area (Å²) in [5.41, 5.74) is 1.04. The van der Waals surface area contributed by atoms with E-state index in [1.165, 1.54) is 6.07 Å². The second-order valence-corrected chi connectivity index (χ2v) is 8.00. The number of aromatic nitrogens is 3. The highest BCUT2D eigenvalue weighted by Gasteiger charge is 2.18. The molecule has 0 fully saturated rings. The van der Waals surface area contributed by atoms with Crippen molar-refractivity contribution in [2.45, 2.75) is 32.2 Å². The monoisotopic (exact) mass is 462 g/mol. The van der Waals surface area contributed by atoms with Crippen LogP contribution in [0.25, 0.3) is 11.4 Å². The Hall–Kier alpha value is -2.25. The molecular weight excluding hydrogens is 447 g/mol. The van der Waals surface area contributed by atoms with Crippen molar-refractivity contribution >= 4 is 39.1 Å². The summed E-state index contributed by atoms with van der Waals surface area (Å²) in [7, 11) is 0. The van der Waals surface area contributed by atoms with E-state index in [1.807, 2.05) is 0 Å². The average molecular weight is 464 g/mol. The molecule has 0 atom stereocenters. The lowest BCUT2D eigenvalue weighted by Gasteiger charge is -2.11. The Balaban J connectivity index is 1.66. The van der Waals surface area contributed by atoms with E-state index in [0.29, 0.717) is 20.9 Å². The van der Waals surface area contributed by atoms with Crippen LogP contribution in [0.15, 0.2) is 40.9 Å². The molecule has 0 unspecified atom stereocenters. The van der Waals surface area contributed by atoms with E-state index >= 15 is 0 Å². The summed E-state index contributed by atoms with van der Waals surface area (Å²) in [4.78, 5) is 12.6. The number of nitrogens with one attached hydrogen (secondary N) is 1. The number of hydrogen-bond acceptors (Lipinski definition) is 3. The summed E-state index contributed by atoms with van der Waals surface area (Å²) in [6.07, 6.45) is 4.19. The third-order valence-corrected chi connectivity index (χ3v) is 5.58. The van der Waals surface area contributed by atoms with E-state index in [0.717, 1.165) is 38.1 Å². The summed E-state index contributed by atoms with van der Waals surface area (Å²) in [6.45, 7) is 0.838. The van der Waals surface area contributed by atoms with Crippen LogP contribution >= 0.6 is 27.5 Å². The number of carbonyl (C=O) groups excluding carboxylic acids is 1. The highest BCUT2D eigenvalue weighted by molar-refractivity contribution is 9.10. The van der Waals surface area contributed by atoms with Crippen LogP contribution in [0.4, 0.5) is 10.1 Å². The molecule has 28 heavy (non-hydrogen) atoms. The lowest BCUT2D eigenvalue weighted by molar-refractivity contribution is 0.102. The third kappa shape index (κ3) is 3.82. The number of anilines is 1. The van der Waals surface area contributed by atoms with Crippen LogP contribution in [-0.2, 0) is 13.0 Å². The van der Waals surface area contributed by atoms with Gasteiger partial charge in [-0.3, -0.25) is 4.79 Å². The fourth-order valence-corrected chi connectivity index (χ4v) is 3.88. The predicted octanol–water partition coefficient (Wildman–Crippen LogP) is 5.48. The zero-order valence-corrected chi connectivity index (χ0v) is 17.2. The second-order valence-electron chi connectivity index (χ2n) is 6.68. The zero-order valence-electron chi connectivity index (χ0n) is 14.9. The molecular formula is C20H17BrClFN4O. The molecule has 144 valence electrons. The van der Waals surface area contributed by atoms with Crippen LogP contribution < -0.4 is 5.32 Å². The van der Waals surface area contributed by atoms with E-state index in [9.17, 15) is 9.18 Å². The van der Waals surface area contributed by atoms with Gasteiger partial charge in [0.1, 0.15) is 11.6 Å². The molecule has 2 heterocycles.